The Hall–Kier alpha value is -1.21. The van der Waals surface area contributed by atoms with Crippen LogP contribution in [0, 0.1) is 5.92 Å². The highest BCUT2D eigenvalue weighted by atomic mass is 19.3. The highest BCUT2D eigenvalue weighted by molar-refractivity contribution is 5.46. The van der Waals surface area contributed by atoms with E-state index in [2.05, 4.69) is 27.1 Å². The van der Waals surface area contributed by atoms with Gasteiger partial charge in [0.2, 0.25) is 0 Å². The number of anilines is 1. The van der Waals surface area contributed by atoms with Crippen LogP contribution < -0.4 is 5.32 Å². The van der Waals surface area contributed by atoms with Crippen molar-refractivity contribution in [3.8, 4) is 0 Å². The van der Waals surface area contributed by atoms with Crippen molar-refractivity contribution in [2.75, 3.05) is 51.6 Å². The number of hydrogen-bond acceptors (Lipinski definition) is 4. The highest BCUT2D eigenvalue weighted by Crippen LogP contribution is 2.35. The molecule has 25 heavy (non-hydrogen) atoms. The van der Waals surface area contributed by atoms with Gasteiger partial charge in [-0.25, -0.2) is 8.78 Å². The molecular formula is C18H31F2N5. The lowest BCUT2D eigenvalue weighted by Gasteiger charge is -2.37. The first-order chi connectivity index (χ1) is 12.1. The summed E-state index contributed by atoms with van der Waals surface area (Å²) in [6, 6.07) is 0.257. The zero-order valence-electron chi connectivity index (χ0n) is 15.4. The number of nitrogens with one attached hydrogen (secondary N) is 1. The van der Waals surface area contributed by atoms with Gasteiger partial charge in [0.1, 0.15) is 0 Å². The van der Waals surface area contributed by atoms with Crippen LogP contribution in [0.2, 0.25) is 0 Å². The molecule has 0 aromatic carbocycles. The van der Waals surface area contributed by atoms with Crippen molar-refractivity contribution in [2.24, 2.45) is 5.92 Å². The van der Waals surface area contributed by atoms with Gasteiger partial charge in [0.25, 0.3) is 6.43 Å². The zero-order valence-corrected chi connectivity index (χ0v) is 15.4. The van der Waals surface area contributed by atoms with E-state index >= 15 is 0 Å². The summed E-state index contributed by atoms with van der Waals surface area (Å²) in [4.78, 5) is 5.10. The fraction of sp³-hybridized carbons (Fsp3) is 0.833. The second kappa shape index (κ2) is 8.45. The summed E-state index contributed by atoms with van der Waals surface area (Å²) in [5.74, 6) is 0.735. The average molecular weight is 355 g/mol. The molecule has 0 amide bonds. The Balaban J connectivity index is 1.49. The fourth-order valence-electron chi connectivity index (χ4n) is 4.19. The van der Waals surface area contributed by atoms with E-state index in [0.717, 1.165) is 38.1 Å². The minimum absolute atomic E-state index is 0.126. The predicted molar refractivity (Wildman–Crippen MR) is 96.3 cm³/mol. The van der Waals surface area contributed by atoms with Gasteiger partial charge in [-0.1, -0.05) is 6.92 Å². The second-order valence-electron chi connectivity index (χ2n) is 7.37. The van der Waals surface area contributed by atoms with Crippen LogP contribution in [-0.2, 0) is 0 Å². The van der Waals surface area contributed by atoms with Gasteiger partial charge in [0, 0.05) is 46.0 Å². The lowest BCUT2D eigenvalue weighted by Crippen LogP contribution is -2.47. The van der Waals surface area contributed by atoms with E-state index in [0.29, 0.717) is 5.69 Å². The highest BCUT2D eigenvalue weighted by Gasteiger charge is 2.27. The molecule has 0 bridgehead atoms. The molecule has 5 nitrogen and oxygen atoms in total. The number of halogens is 2. The van der Waals surface area contributed by atoms with Gasteiger partial charge in [-0.2, -0.15) is 5.10 Å². The number of aromatic nitrogens is 2. The van der Waals surface area contributed by atoms with Gasteiger partial charge in [-0.05, 0) is 38.1 Å². The van der Waals surface area contributed by atoms with Crippen LogP contribution in [0.1, 0.15) is 50.8 Å². The van der Waals surface area contributed by atoms with Gasteiger partial charge >= 0.3 is 0 Å². The van der Waals surface area contributed by atoms with E-state index in [9.17, 15) is 8.78 Å². The minimum Gasteiger partial charge on any atom is -0.385 e. The van der Waals surface area contributed by atoms with Crippen LogP contribution in [0.15, 0.2) is 6.20 Å². The molecule has 0 atom stereocenters. The summed E-state index contributed by atoms with van der Waals surface area (Å²) in [6.45, 7) is 9.29. The van der Waals surface area contributed by atoms with Gasteiger partial charge in [-0.15, -0.1) is 0 Å². The Morgan fingerprint density at radius 3 is 2.28 bits per heavy atom. The normalized spacial score (nSPS) is 26.3. The summed E-state index contributed by atoms with van der Waals surface area (Å²) in [5.41, 5.74) is 0.323. The molecule has 2 aliphatic rings. The first-order valence-electron chi connectivity index (χ1n) is 9.60. The standard InChI is InChI=1S/C18H31F2N5/c1-3-23-8-10-24(11-9-23)12-14-4-6-15(7-5-14)25-13-16(21-2)17(22-25)18(19)20/h13-15,18,21H,3-12H2,1-2H3. The number of likely N-dealkylation sites (N-methyl/N-ethyl adjacent to an activating group) is 1. The molecule has 1 aliphatic heterocycles. The van der Waals surface area contributed by atoms with E-state index < -0.39 is 6.43 Å². The van der Waals surface area contributed by atoms with Crippen LogP contribution in [-0.4, -0.2) is 65.9 Å². The van der Waals surface area contributed by atoms with E-state index in [-0.39, 0.29) is 11.7 Å². The summed E-state index contributed by atoms with van der Waals surface area (Å²) in [6.07, 6.45) is 3.62. The Morgan fingerprint density at radius 1 is 1.12 bits per heavy atom. The third-order valence-corrected chi connectivity index (χ3v) is 5.86. The largest absolute Gasteiger partial charge is 0.385 e. The molecule has 1 saturated carbocycles. The molecule has 2 fully saturated rings. The van der Waals surface area contributed by atoms with Gasteiger partial charge in [0.05, 0.1) is 11.7 Å². The smallest absolute Gasteiger partial charge is 0.284 e. The Morgan fingerprint density at radius 2 is 1.76 bits per heavy atom. The summed E-state index contributed by atoms with van der Waals surface area (Å²) in [7, 11) is 1.67. The average Bonchev–Trinajstić information content (AvgIpc) is 3.08. The SMILES string of the molecule is CCN1CCN(CC2CCC(n3cc(NC)c(C(F)F)n3)CC2)CC1. The maximum Gasteiger partial charge on any atom is 0.284 e. The molecule has 1 aromatic rings. The van der Waals surface area contributed by atoms with Crippen molar-refractivity contribution in [1.29, 1.82) is 0 Å². The first-order valence-corrected chi connectivity index (χ1v) is 9.60. The molecule has 0 radical (unpaired) electrons. The summed E-state index contributed by atoms with van der Waals surface area (Å²) in [5, 5.41) is 6.98. The molecule has 3 rings (SSSR count). The molecule has 1 saturated heterocycles. The predicted octanol–water partition coefficient (Wildman–Crippen LogP) is 3.23. The van der Waals surface area contributed by atoms with Crippen molar-refractivity contribution in [3.63, 3.8) is 0 Å². The first kappa shape index (κ1) is 18.6. The van der Waals surface area contributed by atoms with E-state index in [4.69, 9.17) is 0 Å². The maximum atomic E-state index is 13.0. The van der Waals surface area contributed by atoms with Crippen molar-refractivity contribution in [3.05, 3.63) is 11.9 Å². The van der Waals surface area contributed by atoms with Crippen molar-refractivity contribution >= 4 is 5.69 Å². The van der Waals surface area contributed by atoms with E-state index in [1.807, 2.05) is 0 Å². The molecule has 0 spiro atoms. The van der Waals surface area contributed by atoms with Gasteiger partial charge in [-0.3, -0.25) is 4.68 Å². The molecule has 142 valence electrons. The minimum atomic E-state index is -2.53. The van der Waals surface area contributed by atoms with Crippen molar-refractivity contribution in [1.82, 2.24) is 19.6 Å². The lowest BCUT2D eigenvalue weighted by atomic mass is 9.85. The maximum absolute atomic E-state index is 13.0. The van der Waals surface area contributed by atoms with Crippen molar-refractivity contribution in [2.45, 2.75) is 45.1 Å². The number of hydrogen-bond donors (Lipinski definition) is 1. The van der Waals surface area contributed by atoms with Gasteiger partial charge < -0.3 is 15.1 Å². The Bertz CT molecular complexity index is 532. The number of nitrogens with zero attached hydrogens (tertiary/aromatic N) is 4. The van der Waals surface area contributed by atoms with Gasteiger partial charge in [0.15, 0.2) is 5.69 Å². The quantitative estimate of drug-likeness (QED) is 0.850. The topological polar surface area (TPSA) is 36.3 Å². The van der Waals surface area contributed by atoms with Crippen LogP contribution in [0.25, 0.3) is 0 Å². The van der Waals surface area contributed by atoms with Crippen molar-refractivity contribution < 1.29 is 8.78 Å². The number of alkyl halides is 2. The fourth-order valence-corrected chi connectivity index (χ4v) is 4.19. The Kier molecular flexibility index (Phi) is 6.28. The Labute approximate surface area is 149 Å². The summed E-state index contributed by atoms with van der Waals surface area (Å²) >= 11 is 0. The molecule has 7 heteroatoms. The third kappa shape index (κ3) is 4.50. The number of piperazine rings is 1. The zero-order chi connectivity index (χ0) is 17.8. The van der Waals surface area contributed by atoms with E-state index in [1.54, 1.807) is 17.9 Å². The molecule has 2 heterocycles. The van der Waals surface area contributed by atoms with Crippen LogP contribution in [0.3, 0.4) is 0 Å². The molecule has 0 unspecified atom stereocenters. The molecule has 1 aromatic heterocycles. The van der Waals surface area contributed by atoms with Crippen LogP contribution in [0.5, 0.6) is 0 Å². The van der Waals surface area contributed by atoms with Crippen LogP contribution in [0.4, 0.5) is 14.5 Å². The van der Waals surface area contributed by atoms with Crippen LogP contribution >= 0.6 is 0 Å². The number of rotatable bonds is 6. The summed E-state index contributed by atoms with van der Waals surface area (Å²) < 4.78 is 27.9. The third-order valence-electron chi connectivity index (χ3n) is 5.86. The molecular weight excluding hydrogens is 324 g/mol. The molecule has 1 N–H and O–H groups in total. The monoisotopic (exact) mass is 355 g/mol. The van der Waals surface area contributed by atoms with E-state index in [1.165, 1.54) is 32.7 Å². The second-order valence-corrected chi connectivity index (χ2v) is 7.37. The molecule has 1 aliphatic carbocycles. The lowest BCUT2D eigenvalue weighted by molar-refractivity contribution is 0.107.